The highest BCUT2D eigenvalue weighted by Crippen LogP contribution is 2.78. The molecule has 1 aliphatic heterocycles. The number of benzene rings is 1. The van der Waals surface area contributed by atoms with Crippen LogP contribution in [0.4, 0.5) is 0 Å². The molecule has 1 aromatic rings. The first-order chi connectivity index (χ1) is 21.1. The Hall–Kier alpha value is -2.12. The Morgan fingerprint density at radius 3 is 2.36 bits per heavy atom. The number of carbonyl (C=O) groups is 2. The van der Waals surface area contributed by atoms with Gasteiger partial charge in [0.2, 0.25) is 0 Å². The van der Waals surface area contributed by atoms with Crippen molar-refractivity contribution in [2.45, 2.75) is 61.9 Å². The van der Waals surface area contributed by atoms with Gasteiger partial charge in [-0.3, -0.25) is 9.69 Å². The Bertz CT molecular complexity index is 1310. The van der Waals surface area contributed by atoms with Gasteiger partial charge >= 0.3 is 5.97 Å². The van der Waals surface area contributed by atoms with Gasteiger partial charge in [0.25, 0.3) is 0 Å². The molecule has 11 nitrogen and oxygen atoms in total. The van der Waals surface area contributed by atoms with Crippen molar-refractivity contribution in [2.75, 3.05) is 55.2 Å². The highest BCUT2D eigenvalue weighted by Gasteiger charge is 2.87. The third kappa shape index (κ3) is 3.47. The van der Waals surface area contributed by atoms with Gasteiger partial charge in [0, 0.05) is 81.9 Å². The Balaban J connectivity index is 1.42. The second-order valence-corrected chi connectivity index (χ2v) is 13.9. The molecule has 14 atom stereocenters. The molecule has 6 aliphatic rings. The van der Waals surface area contributed by atoms with Crippen molar-refractivity contribution in [3.63, 3.8) is 0 Å². The number of rotatable bonds is 9. The van der Waals surface area contributed by atoms with E-state index in [1.54, 1.807) is 52.7 Å². The zero-order valence-electron chi connectivity index (χ0n) is 26.3. The van der Waals surface area contributed by atoms with Crippen LogP contribution in [0.25, 0.3) is 0 Å². The van der Waals surface area contributed by atoms with E-state index in [1.807, 2.05) is 0 Å². The van der Waals surface area contributed by atoms with Crippen LogP contribution in [0.5, 0.6) is 5.75 Å². The van der Waals surface area contributed by atoms with Crippen molar-refractivity contribution >= 4 is 11.8 Å². The van der Waals surface area contributed by atoms with Crippen LogP contribution in [0.3, 0.4) is 0 Å². The van der Waals surface area contributed by atoms with E-state index in [9.17, 15) is 19.8 Å². The number of aliphatic hydroxyl groups is 2. The minimum absolute atomic E-state index is 0.101. The fourth-order valence-corrected chi connectivity index (χ4v) is 11.8. The third-order valence-electron chi connectivity index (χ3n) is 12.8. The SMILES string of the molecule is CCN1C[C@]2(COC)[C@H](O)CC(OC)C34C1C(C(OC)[C@@H]32)[C@H]1C(=O)[C@@H](OC)[C@@]2(O)C[C@@H]4[C@@H]1[C@H]2OC(=O)c1ccc(OC)cc1. The molecule has 0 aromatic heterocycles. The molecule has 0 radical (unpaired) electrons. The summed E-state index contributed by atoms with van der Waals surface area (Å²) >= 11 is 0. The van der Waals surface area contributed by atoms with Crippen molar-refractivity contribution in [1.82, 2.24) is 4.90 Å². The summed E-state index contributed by atoms with van der Waals surface area (Å²) in [5.41, 5.74) is -2.69. The maximum Gasteiger partial charge on any atom is 0.338 e. The van der Waals surface area contributed by atoms with Crippen LogP contribution in [-0.2, 0) is 28.5 Å². The fourth-order valence-electron chi connectivity index (χ4n) is 11.8. The topological polar surface area (TPSA) is 133 Å². The van der Waals surface area contributed by atoms with Gasteiger partial charge in [-0.25, -0.2) is 4.79 Å². The van der Waals surface area contributed by atoms with E-state index in [4.69, 9.17) is 28.4 Å². The van der Waals surface area contributed by atoms with Gasteiger partial charge in [0.15, 0.2) is 5.78 Å². The molecule has 1 spiro atoms. The second-order valence-electron chi connectivity index (χ2n) is 13.9. The average Bonchev–Trinajstić information content (AvgIpc) is 3.36. The largest absolute Gasteiger partial charge is 0.497 e. The Labute approximate surface area is 258 Å². The molecule has 242 valence electrons. The number of fused-ring (bicyclic) bond motifs is 2. The zero-order chi connectivity index (χ0) is 31.3. The number of likely N-dealkylation sites (tertiary alicyclic amines) is 1. The summed E-state index contributed by atoms with van der Waals surface area (Å²) in [6, 6.07) is 6.53. The highest BCUT2D eigenvalue weighted by molar-refractivity contribution is 5.92. The maximum atomic E-state index is 14.5. The first-order valence-electron chi connectivity index (χ1n) is 15.7. The monoisotopic (exact) mass is 615 g/mol. The Morgan fingerprint density at radius 2 is 1.77 bits per heavy atom. The van der Waals surface area contributed by atoms with E-state index in [2.05, 4.69) is 11.8 Å². The normalized spacial score (nSPS) is 48.4. The van der Waals surface area contributed by atoms with Crippen LogP contribution in [0.1, 0.15) is 30.1 Å². The lowest BCUT2D eigenvalue weighted by Gasteiger charge is -2.69. The van der Waals surface area contributed by atoms with Gasteiger partial charge in [-0.1, -0.05) is 6.92 Å². The molecule has 1 aromatic carbocycles. The fraction of sp³-hybridized carbons (Fsp3) is 0.758. The Morgan fingerprint density at radius 1 is 1.05 bits per heavy atom. The number of hydrogen-bond donors (Lipinski definition) is 2. The van der Waals surface area contributed by atoms with Crippen LogP contribution < -0.4 is 4.74 Å². The van der Waals surface area contributed by atoms with Gasteiger partial charge in [-0.2, -0.15) is 0 Å². The number of methoxy groups -OCH3 is 5. The summed E-state index contributed by atoms with van der Waals surface area (Å²) in [7, 11) is 8.02. The predicted molar refractivity (Wildman–Crippen MR) is 155 cm³/mol. The molecular formula is C33H45NO10. The molecule has 5 saturated carbocycles. The highest BCUT2D eigenvalue weighted by atomic mass is 16.6. The average molecular weight is 616 g/mol. The molecule has 7 rings (SSSR count). The number of ether oxygens (including phenoxy) is 6. The first kappa shape index (κ1) is 30.5. The minimum atomic E-state index is -1.73. The lowest BCUT2D eigenvalue weighted by atomic mass is 9.43. The molecule has 1 heterocycles. The van der Waals surface area contributed by atoms with Gasteiger partial charge in [-0.15, -0.1) is 0 Å². The summed E-state index contributed by atoms with van der Waals surface area (Å²) in [5.74, 6) is -1.98. The van der Waals surface area contributed by atoms with Gasteiger partial charge < -0.3 is 38.6 Å². The first-order valence-corrected chi connectivity index (χ1v) is 15.7. The zero-order valence-corrected chi connectivity index (χ0v) is 26.3. The smallest absolute Gasteiger partial charge is 0.338 e. The number of esters is 1. The van der Waals surface area contributed by atoms with E-state index >= 15 is 0 Å². The van der Waals surface area contributed by atoms with Crippen molar-refractivity contribution in [3.05, 3.63) is 29.8 Å². The maximum absolute atomic E-state index is 14.5. The van der Waals surface area contributed by atoms with Gasteiger partial charge in [0.05, 0.1) is 37.6 Å². The summed E-state index contributed by atoms with van der Waals surface area (Å²) in [6.45, 7) is 3.73. The molecule has 1 saturated heterocycles. The quantitative estimate of drug-likeness (QED) is 0.388. The number of aliphatic hydroxyl groups excluding tert-OH is 1. The second kappa shape index (κ2) is 10.4. The summed E-state index contributed by atoms with van der Waals surface area (Å²) in [5, 5.41) is 24.4. The number of carbonyl (C=O) groups excluding carboxylic acids is 2. The molecule has 0 amide bonds. The van der Waals surface area contributed by atoms with Crippen molar-refractivity contribution < 1.29 is 48.2 Å². The number of nitrogens with zero attached hydrogens (tertiary/aromatic N) is 1. The van der Waals surface area contributed by atoms with Crippen LogP contribution in [0.15, 0.2) is 24.3 Å². The van der Waals surface area contributed by atoms with Gasteiger partial charge in [0.1, 0.15) is 23.6 Å². The number of piperidine rings is 1. The van der Waals surface area contributed by atoms with Crippen molar-refractivity contribution in [3.8, 4) is 5.75 Å². The summed E-state index contributed by atoms with van der Waals surface area (Å²) in [6.07, 6.45) is -3.03. The van der Waals surface area contributed by atoms with Crippen molar-refractivity contribution in [2.24, 2.45) is 40.4 Å². The van der Waals surface area contributed by atoms with E-state index < -0.39 is 52.5 Å². The van der Waals surface area contributed by atoms with Crippen LogP contribution in [0.2, 0.25) is 0 Å². The van der Waals surface area contributed by atoms with Crippen molar-refractivity contribution in [1.29, 1.82) is 0 Å². The molecular weight excluding hydrogens is 570 g/mol. The number of hydrogen-bond acceptors (Lipinski definition) is 11. The molecule has 44 heavy (non-hydrogen) atoms. The standard InChI is InChI=1S/C33H45NO10/c1-7-34-14-31(15-39-2)19(35)12-20(41-4)33-18-13-32(38)28(44-30(37)16-8-10-17(40-3)11-9-16)21(18)22(24(36)29(32)43-6)23(27(33)34)25(42-5)26(31)33/h8-11,18-23,25-29,35,38H,7,12-15H2,1-6H3/t18-,19-,20?,21+,22+,23?,25?,26-,27?,28-,29-,31+,32-,33?/m1/s1. The van der Waals surface area contributed by atoms with Gasteiger partial charge in [-0.05, 0) is 43.1 Å². The molecule has 11 heteroatoms. The Kier molecular flexibility index (Phi) is 7.25. The molecule has 6 fully saturated rings. The number of ketones is 1. The van der Waals surface area contributed by atoms with E-state index in [0.717, 1.165) is 0 Å². The lowest BCUT2D eigenvalue weighted by Crippen LogP contribution is -2.77. The van der Waals surface area contributed by atoms with Crippen LogP contribution >= 0.6 is 0 Å². The predicted octanol–water partition coefficient (Wildman–Crippen LogP) is 1.18. The summed E-state index contributed by atoms with van der Waals surface area (Å²) in [4.78, 5) is 30.6. The third-order valence-corrected chi connectivity index (χ3v) is 12.8. The summed E-state index contributed by atoms with van der Waals surface area (Å²) < 4.78 is 36.0. The minimum Gasteiger partial charge on any atom is -0.497 e. The lowest BCUT2D eigenvalue weighted by molar-refractivity contribution is -0.280. The molecule has 5 aliphatic carbocycles. The van der Waals surface area contributed by atoms with E-state index in [0.29, 0.717) is 37.4 Å². The van der Waals surface area contributed by atoms with E-state index in [-0.39, 0.29) is 48.2 Å². The molecule has 2 N–H and O–H groups in total. The molecule has 7 bridgehead atoms. The molecule has 5 unspecified atom stereocenters. The van der Waals surface area contributed by atoms with Crippen LogP contribution in [-0.4, -0.2) is 124 Å². The van der Waals surface area contributed by atoms with Crippen LogP contribution in [0, 0.1) is 40.4 Å². The van der Waals surface area contributed by atoms with E-state index in [1.165, 1.54) is 7.11 Å². The number of Topliss-reactive ketones (excluding diaryl/α,β-unsaturated/α-hetero) is 1.